The van der Waals surface area contributed by atoms with Gasteiger partial charge >= 0.3 is 0 Å². The summed E-state index contributed by atoms with van der Waals surface area (Å²) in [5.74, 6) is 0.103. The van der Waals surface area contributed by atoms with E-state index in [2.05, 4.69) is 6.92 Å². The Balaban J connectivity index is 2.06. The van der Waals surface area contributed by atoms with Gasteiger partial charge in [-0.25, -0.2) is 0 Å². The van der Waals surface area contributed by atoms with Crippen LogP contribution in [-0.4, -0.2) is 23.4 Å². The molecule has 19 heavy (non-hydrogen) atoms. The van der Waals surface area contributed by atoms with Crippen LogP contribution in [0.3, 0.4) is 0 Å². The van der Waals surface area contributed by atoms with Crippen LogP contribution < -0.4 is 0 Å². The van der Waals surface area contributed by atoms with E-state index in [-0.39, 0.29) is 5.91 Å². The van der Waals surface area contributed by atoms with Crippen molar-refractivity contribution in [2.45, 2.75) is 38.6 Å². The maximum atomic E-state index is 12.2. The highest BCUT2D eigenvalue weighted by Gasteiger charge is 2.23. The van der Waals surface area contributed by atoms with Gasteiger partial charge in [0.25, 0.3) is 0 Å². The Labute approximate surface area is 120 Å². The molecule has 1 aromatic rings. The van der Waals surface area contributed by atoms with Gasteiger partial charge in [-0.3, -0.25) is 4.79 Å². The van der Waals surface area contributed by atoms with E-state index in [9.17, 15) is 4.79 Å². The second-order valence-corrected chi connectivity index (χ2v) is 5.35. The molecule has 0 spiro atoms. The Kier molecular flexibility index (Phi) is 5.03. The first kappa shape index (κ1) is 14.1. The molecule has 1 aromatic carbocycles. The maximum Gasteiger partial charge on any atom is 0.246 e. The predicted octanol–water partition coefficient (Wildman–Crippen LogP) is 4.14. The van der Waals surface area contributed by atoms with Gasteiger partial charge in [-0.2, -0.15) is 0 Å². The van der Waals surface area contributed by atoms with Crippen LogP contribution in [0.4, 0.5) is 0 Å². The summed E-state index contributed by atoms with van der Waals surface area (Å²) in [7, 11) is 0. The molecule has 0 aliphatic carbocycles. The van der Waals surface area contributed by atoms with Crippen molar-refractivity contribution in [3.05, 3.63) is 40.9 Å². The lowest BCUT2D eigenvalue weighted by atomic mass is 10.00. The normalized spacial score (nSPS) is 19.9. The van der Waals surface area contributed by atoms with E-state index in [1.54, 1.807) is 6.08 Å². The third-order valence-corrected chi connectivity index (χ3v) is 4.04. The molecule has 1 fully saturated rings. The molecule has 0 aromatic heterocycles. The average molecular weight is 278 g/mol. The van der Waals surface area contributed by atoms with E-state index < -0.39 is 0 Å². The van der Waals surface area contributed by atoms with Crippen molar-refractivity contribution in [2.75, 3.05) is 6.54 Å². The fourth-order valence-electron chi connectivity index (χ4n) is 2.58. The third-order valence-electron chi connectivity index (χ3n) is 3.69. The number of carbonyl (C=O) groups is 1. The van der Waals surface area contributed by atoms with Gasteiger partial charge in [-0.15, -0.1) is 0 Å². The Hall–Kier alpha value is -1.28. The maximum absolute atomic E-state index is 12.2. The van der Waals surface area contributed by atoms with Crippen molar-refractivity contribution >= 4 is 23.6 Å². The number of piperidine rings is 1. The van der Waals surface area contributed by atoms with E-state index >= 15 is 0 Å². The molecule has 102 valence electrons. The Morgan fingerprint density at radius 1 is 1.42 bits per heavy atom. The van der Waals surface area contributed by atoms with Crippen LogP contribution in [0.1, 0.15) is 38.2 Å². The van der Waals surface area contributed by atoms with Crippen molar-refractivity contribution < 1.29 is 4.79 Å². The van der Waals surface area contributed by atoms with Crippen LogP contribution in [0.15, 0.2) is 30.3 Å². The molecule has 1 saturated heterocycles. The van der Waals surface area contributed by atoms with Crippen LogP contribution >= 0.6 is 11.6 Å². The molecule has 0 radical (unpaired) electrons. The summed E-state index contributed by atoms with van der Waals surface area (Å²) in [5, 5.41) is 0.678. The van der Waals surface area contributed by atoms with E-state index in [0.717, 1.165) is 31.4 Å². The van der Waals surface area contributed by atoms with Gasteiger partial charge in [-0.05, 0) is 43.4 Å². The molecule has 1 unspecified atom stereocenters. The largest absolute Gasteiger partial charge is 0.336 e. The summed E-state index contributed by atoms with van der Waals surface area (Å²) >= 11 is 6.07. The highest BCUT2D eigenvalue weighted by molar-refractivity contribution is 6.32. The summed E-state index contributed by atoms with van der Waals surface area (Å²) in [4.78, 5) is 14.2. The quantitative estimate of drug-likeness (QED) is 0.760. The lowest BCUT2D eigenvalue weighted by Gasteiger charge is -2.34. The molecule has 1 aliphatic heterocycles. The molecule has 0 saturated carbocycles. The van der Waals surface area contributed by atoms with Crippen molar-refractivity contribution in [1.29, 1.82) is 0 Å². The molecule has 2 rings (SSSR count). The fraction of sp³-hybridized carbons (Fsp3) is 0.438. The van der Waals surface area contributed by atoms with Crippen LogP contribution in [0, 0.1) is 0 Å². The number of likely N-dealkylation sites (tertiary alicyclic amines) is 1. The zero-order valence-corrected chi connectivity index (χ0v) is 12.1. The zero-order valence-electron chi connectivity index (χ0n) is 11.3. The number of hydrogen-bond donors (Lipinski definition) is 0. The van der Waals surface area contributed by atoms with Crippen LogP contribution in [0.5, 0.6) is 0 Å². The third kappa shape index (κ3) is 3.60. The van der Waals surface area contributed by atoms with E-state index in [1.807, 2.05) is 35.2 Å². The summed E-state index contributed by atoms with van der Waals surface area (Å²) < 4.78 is 0. The van der Waals surface area contributed by atoms with Crippen molar-refractivity contribution in [2.24, 2.45) is 0 Å². The lowest BCUT2D eigenvalue weighted by Crippen LogP contribution is -2.42. The molecular weight excluding hydrogens is 258 g/mol. The van der Waals surface area contributed by atoms with Gasteiger partial charge in [-0.1, -0.05) is 36.7 Å². The number of carbonyl (C=O) groups excluding carboxylic acids is 1. The minimum atomic E-state index is 0.103. The molecule has 0 bridgehead atoms. The van der Waals surface area contributed by atoms with Gasteiger partial charge in [0.2, 0.25) is 5.91 Å². The number of halogens is 1. The van der Waals surface area contributed by atoms with Crippen LogP contribution in [0.2, 0.25) is 5.02 Å². The van der Waals surface area contributed by atoms with E-state index in [1.165, 1.54) is 6.42 Å². The second kappa shape index (κ2) is 6.76. The minimum absolute atomic E-state index is 0.103. The number of benzene rings is 1. The SMILES string of the molecule is CCC1CCCCN1C(=O)/C=C/c1ccccc1Cl. The van der Waals surface area contributed by atoms with Gasteiger partial charge in [0.15, 0.2) is 0 Å². The summed E-state index contributed by atoms with van der Waals surface area (Å²) in [6.07, 6.45) is 7.97. The van der Waals surface area contributed by atoms with Gasteiger partial charge in [0, 0.05) is 23.7 Å². The van der Waals surface area contributed by atoms with E-state index in [4.69, 9.17) is 11.6 Å². The van der Waals surface area contributed by atoms with Gasteiger partial charge in [0.05, 0.1) is 0 Å². The second-order valence-electron chi connectivity index (χ2n) is 4.94. The first-order chi connectivity index (χ1) is 9.22. The predicted molar refractivity (Wildman–Crippen MR) is 80.1 cm³/mol. The first-order valence-electron chi connectivity index (χ1n) is 6.95. The number of hydrogen-bond acceptors (Lipinski definition) is 1. The lowest BCUT2D eigenvalue weighted by molar-refractivity contribution is -0.129. The number of amides is 1. The molecule has 3 heteroatoms. The summed E-state index contributed by atoms with van der Waals surface area (Å²) in [6.45, 7) is 3.03. The zero-order chi connectivity index (χ0) is 13.7. The van der Waals surface area contributed by atoms with Crippen molar-refractivity contribution in [3.63, 3.8) is 0 Å². The Morgan fingerprint density at radius 2 is 2.21 bits per heavy atom. The Morgan fingerprint density at radius 3 is 2.95 bits per heavy atom. The number of rotatable bonds is 3. The van der Waals surface area contributed by atoms with Crippen molar-refractivity contribution in [3.8, 4) is 0 Å². The fourth-order valence-corrected chi connectivity index (χ4v) is 2.78. The standard InChI is InChI=1S/C16H20ClNO/c1-2-14-8-5-6-12-18(14)16(19)11-10-13-7-3-4-9-15(13)17/h3-4,7,9-11,14H,2,5-6,8,12H2,1H3/b11-10+. The highest BCUT2D eigenvalue weighted by Crippen LogP contribution is 2.21. The smallest absolute Gasteiger partial charge is 0.246 e. The molecule has 0 N–H and O–H groups in total. The van der Waals surface area contributed by atoms with Gasteiger partial charge < -0.3 is 4.90 Å². The van der Waals surface area contributed by atoms with Crippen LogP contribution in [0.25, 0.3) is 6.08 Å². The molecule has 2 nitrogen and oxygen atoms in total. The average Bonchev–Trinajstić information content (AvgIpc) is 2.46. The monoisotopic (exact) mass is 277 g/mol. The number of nitrogens with zero attached hydrogens (tertiary/aromatic N) is 1. The molecule has 1 amide bonds. The Bertz CT molecular complexity index is 470. The molecule has 1 aliphatic rings. The first-order valence-corrected chi connectivity index (χ1v) is 7.33. The van der Waals surface area contributed by atoms with Crippen LogP contribution in [-0.2, 0) is 4.79 Å². The summed E-state index contributed by atoms with van der Waals surface area (Å²) in [6, 6.07) is 7.96. The summed E-state index contributed by atoms with van der Waals surface area (Å²) in [5.41, 5.74) is 0.891. The van der Waals surface area contributed by atoms with Crippen molar-refractivity contribution in [1.82, 2.24) is 4.90 Å². The molecule has 1 heterocycles. The molecular formula is C16H20ClNO. The minimum Gasteiger partial charge on any atom is -0.336 e. The van der Waals surface area contributed by atoms with E-state index in [0.29, 0.717) is 11.1 Å². The topological polar surface area (TPSA) is 20.3 Å². The molecule has 1 atom stereocenters. The highest BCUT2D eigenvalue weighted by atomic mass is 35.5. The van der Waals surface area contributed by atoms with Gasteiger partial charge in [0.1, 0.15) is 0 Å².